The molecule has 0 spiro atoms. The zero-order valence-electron chi connectivity index (χ0n) is 4.88. The molecule has 0 aliphatic heterocycles. The van der Waals surface area contributed by atoms with E-state index in [0.29, 0.717) is 0 Å². The van der Waals surface area contributed by atoms with Crippen LogP contribution in [0.3, 0.4) is 0 Å². The topological polar surface area (TPSA) is 34.1 Å². The second-order valence-electron chi connectivity index (χ2n) is 1.58. The van der Waals surface area contributed by atoms with Gasteiger partial charge < -0.3 is 0 Å². The molecule has 0 unspecified atom stereocenters. The second-order valence-corrected chi connectivity index (χ2v) is 1.58. The van der Waals surface area contributed by atoms with Crippen LogP contribution in [0.1, 0.15) is 20.3 Å². The van der Waals surface area contributed by atoms with Gasteiger partial charge in [0.2, 0.25) is 0 Å². The number of Topliss-reactive ketones (excluding diaryl/α,β-unsaturated/α-hetero) is 2. The summed E-state index contributed by atoms with van der Waals surface area (Å²) in [6.07, 6.45) is 0.0833. The van der Waals surface area contributed by atoms with Gasteiger partial charge in [0, 0.05) is 19.5 Å². The van der Waals surface area contributed by atoms with E-state index in [4.69, 9.17) is 0 Å². The molecule has 0 aromatic carbocycles. The van der Waals surface area contributed by atoms with Crippen molar-refractivity contribution >= 4 is 11.6 Å². The van der Waals surface area contributed by atoms with Gasteiger partial charge in [-0.25, -0.2) is 0 Å². The Kier molecular flexibility index (Phi) is 6.93. The quantitative estimate of drug-likeness (QED) is 0.483. The van der Waals surface area contributed by atoms with Crippen molar-refractivity contribution in [2.45, 2.75) is 20.3 Å². The van der Waals surface area contributed by atoms with Gasteiger partial charge in [0.1, 0.15) is 11.6 Å². The van der Waals surface area contributed by atoms with E-state index in [0.717, 1.165) is 0 Å². The SMILES string of the molecule is CC(=O)CC(C)=O.[Ru]. The minimum Gasteiger partial charge on any atom is -0.300 e. The van der Waals surface area contributed by atoms with Gasteiger partial charge in [-0.3, -0.25) is 9.59 Å². The van der Waals surface area contributed by atoms with Crippen LogP contribution in [0, 0.1) is 0 Å². The van der Waals surface area contributed by atoms with E-state index in [9.17, 15) is 9.59 Å². The third kappa shape index (κ3) is 9.35. The van der Waals surface area contributed by atoms with Crippen molar-refractivity contribution in [3.63, 3.8) is 0 Å². The average molecular weight is 201 g/mol. The summed E-state index contributed by atoms with van der Waals surface area (Å²) in [6.45, 7) is 2.81. The number of carbonyl (C=O) groups excluding carboxylic acids is 2. The summed E-state index contributed by atoms with van der Waals surface area (Å²) in [5, 5.41) is 0. The minimum absolute atomic E-state index is 0. The fraction of sp³-hybridized carbons (Fsp3) is 0.600. The molecule has 8 heavy (non-hydrogen) atoms. The molecule has 0 heterocycles. The molecule has 0 aromatic rings. The monoisotopic (exact) mass is 202 g/mol. The summed E-state index contributed by atoms with van der Waals surface area (Å²) in [4.78, 5) is 20.1. The van der Waals surface area contributed by atoms with Crippen molar-refractivity contribution in [1.82, 2.24) is 0 Å². The molecule has 0 bridgehead atoms. The van der Waals surface area contributed by atoms with Gasteiger partial charge in [0.25, 0.3) is 0 Å². The molecule has 0 saturated carbocycles. The number of carbonyl (C=O) groups is 2. The Balaban J connectivity index is 0. The molecule has 0 aliphatic carbocycles. The van der Waals surface area contributed by atoms with Crippen LogP contribution < -0.4 is 0 Å². The standard InChI is InChI=1S/C5H8O2.Ru/c1-4(6)3-5(2)7;/h3H2,1-2H3;. The molecule has 0 aliphatic rings. The van der Waals surface area contributed by atoms with Crippen LogP contribution in [0.5, 0.6) is 0 Å². The van der Waals surface area contributed by atoms with Crippen molar-refractivity contribution in [3.8, 4) is 0 Å². The molecule has 2 nitrogen and oxygen atoms in total. The van der Waals surface area contributed by atoms with Gasteiger partial charge in [-0.05, 0) is 13.8 Å². The third-order valence-electron chi connectivity index (χ3n) is 0.498. The summed E-state index contributed by atoms with van der Waals surface area (Å²) < 4.78 is 0. The Morgan fingerprint density at radius 1 is 1.12 bits per heavy atom. The van der Waals surface area contributed by atoms with Gasteiger partial charge in [-0.1, -0.05) is 0 Å². The van der Waals surface area contributed by atoms with Crippen molar-refractivity contribution in [2.24, 2.45) is 0 Å². The Labute approximate surface area is 61.4 Å². The first-order valence-electron chi connectivity index (χ1n) is 2.12. The van der Waals surface area contributed by atoms with Crippen LogP contribution in [-0.2, 0) is 29.1 Å². The molecule has 3 heteroatoms. The molecule has 0 rings (SSSR count). The van der Waals surface area contributed by atoms with Gasteiger partial charge in [0.15, 0.2) is 0 Å². The number of rotatable bonds is 2. The molecule has 0 radical (unpaired) electrons. The molecule has 0 aromatic heterocycles. The van der Waals surface area contributed by atoms with Gasteiger partial charge in [-0.2, -0.15) is 0 Å². The van der Waals surface area contributed by atoms with Crippen LogP contribution in [0.4, 0.5) is 0 Å². The summed E-state index contributed by atoms with van der Waals surface area (Å²) in [5.74, 6) is -0.125. The fourth-order valence-corrected chi connectivity index (χ4v) is 0.351. The average Bonchev–Trinajstić information content (AvgIpc) is 1.27. The summed E-state index contributed by atoms with van der Waals surface area (Å²) in [6, 6.07) is 0. The molecule has 0 amide bonds. The maximum atomic E-state index is 10.0. The summed E-state index contributed by atoms with van der Waals surface area (Å²) in [7, 11) is 0. The van der Waals surface area contributed by atoms with Gasteiger partial charge in [-0.15, -0.1) is 0 Å². The van der Waals surface area contributed by atoms with Crippen molar-refractivity contribution in [1.29, 1.82) is 0 Å². The first-order chi connectivity index (χ1) is 3.13. The van der Waals surface area contributed by atoms with Crippen LogP contribution in [0.15, 0.2) is 0 Å². The van der Waals surface area contributed by atoms with E-state index in [1.165, 1.54) is 13.8 Å². The van der Waals surface area contributed by atoms with E-state index in [1.807, 2.05) is 0 Å². The predicted octanol–water partition coefficient (Wildman–Crippen LogP) is 0.552. The first kappa shape index (κ1) is 10.9. The van der Waals surface area contributed by atoms with E-state index in [-0.39, 0.29) is 37.5 Å². The Hall–Kier alpha value is -0.0366. The first-order valence-corrected chi connectivity index (χ1v) is 2.12. The van der Waals surface area contributed by atoms with Crippen LogP contribution in [-0.4, -0.2) is 11.6 Å². The fourth-order valence-electron chi connectivity index (χ4n) is 0.351. The van der Waals surface area contributed by atoms with E-state index >= 15 is 0 Å². The van der Waals surface area contributed by atoms with Crippen LogP contribution in [0.2, 0.25) is 0 Å². The van der Waals surface area contributed by atoms with Gasteiger partial charge in [0.05, 0.1) is 6.42 Å². The summed E-state index contributed by atoms with van der Waals surface area (Å²) >= 11 is 0. The number of hydrogen-bond donors (Lipinski definition) is 0. The van der Waals surface area contributed by atoms with Crippen LogP contribution in [0.25, 0.3) is 0 Å². The summed E-state index contributed by atoms with van der Waals surface area (Å²) in [5.41, 5.74) is 0. The largest absolute Gasteiger partial charge is 0.300 e. The van der Waals surface area contributed by atoms with E-state index in [1.54, 1.807) is 0 Å². The smallest absolute Gasteiger partial charge is 0.137 e. The normalized spacial score (nSPS) is 7.25. The van der Waals surface area contributed by atoms with E-state index in [2.05, 4.69) is 0 Å². The van der Waals surface area contributed by atoms with Crippen molar-refractivity contribution in [3.05, 3.63) is 0 Å². The Morgan fingerprint density at radius 2 is 1.38 bits per heavy atom. The number of ketones is 2. The maximum Gasteiger partial charge on any atom is 0.137 e. The Bertz CT molecular complexity index is 86.6. The second kappa shape index (κ2) is 5.11. The molecule has 0 atom stereocenters. The van der Waals surface area contributed by atoms with Crippen molar-refractivity contribution in [2.75, 3.05) is 0 Å². The molecular formula is C5H8O2Ru. The van der Waals surface area contributed by atoms with Gasteiger partial charge >= 0.3 is 0 Å². The third-order valence-corrected chi connectivity index (χ3v) is 0.498. The molecule has 48 valence electrons. The van der Waals surface area contributed by atoms with Crippen LogP contribution >= 0.6 is 0 Å². The van der Waals surface area contributed by atoms with E-state index < -0.39 is 0 Å². The molecule has 0 fully saturated rings. The zero-order valence-corrected chi connectivity index (χ0v) is 6.62. The molecule has 0 saturated heterocycles. The Morgan fingerprint density at radius 3 is 1.38 bits per heavy atom. The molecular weight excluding hydrogens is 193 g/mol. The minimum atomic E-state index is -0.0625. The van der Waals surface area contributed by atoms with Crippen molar-refractivity contribution < 1.29 is 29.1 Å². The zero-order chi connectivity index (χ0) is 5.86. The molecule has 0 N–H and O–H groups in total. The number of hydrogen-bond acceptors (Lipinski definition) is 2. The maximum absolute atomic E-state index is 10.0. The predicted molar refractivity (Wildman–Crippen MR) is 26.0 cm³/mol.